The molecule has 0 aliphatic carbocycles. The smallest absolute Gasteiger partial charge is 0.243 e. The van der Waals surface area contributed by atoms with E-state index in [0.717, 1.165) is 6.42 Å². The van der Waals surface area contributed by atoms with Crippen LogP contribution in [0.2, 0.25) is 0 Å². The second kappa shape index (κ2) is 7.76. The Labute approximate surface area is 80.6 Å². The van der Waals surface area contributed by atoms with E-state index in [1.807, 2.05) is 19.0 Å². The normalized spacial score (nSPS) is 11.5. The number of carbonyl (C=O) groups excluding carboxylic acids is 1. The average molecular weight is 187 g/mol. The Morgan fingerprint density at radius 2 is 1.85 bits per heavy atom. The zero-order valence-corrected chi connectivity index (χ0v) is 9.00. The van der Waals surface area contributed by atoms with Crippen molar-refractivity contribution in [2.45, 2.75) is 26.4 Å². The van der Waals surface area contributed by atoms with Gasteiger partial charge in [0, 0.05) is 5.57 Å². The van der Waals surface area contributed by atoms with Gasteiger partial charge in [0.1, 0.15) is 0 Å². The minimum absolute atomic E-state index is 0.236. The maximum atomic E-state index is 9.82. The van der Waals surface area contributed by atoms with E-state index in [0.29, 0.717) is 5.57 Å². The van der Waals surface area contributed by atoms with E-state index < -0.39 is 5.91 Å². The first kappa shape index (κ1) is 14.6. The van der Waals surface area contributed by atoms with Gasteiger partial charge in [0.15, 0.2) is 0 Å². The molecule has 0 rings (SSSR count). The molecule has 78 valence electrons. The van der Waals surface area contributed by atoms with Gasteiger partial charge < -0.3 is 11.5 Å². The van der Waals surface area contributed by atoms with Crippen LogP contribution in [-0.2, 0) is 4.79 Å². The Balaban J connectivity index is 0. The number of rotatable bonds is 3. The summed E-state index contributed by atoms with van der Waals surface area (Å²) < 4.78 is 0. The summed E-state index contributed by atoms with van der Waals surface area (Å²) in [4.78, 5) is 11.8. The van der Waals surface area contributed by atoms with E-state index in [-0.39, 0.29) is 6.17 Å². The predicted octanol–water partition coefficient (Wildman–Crippen LogP) is 0.291. The lowest BCUT2D eigenvalue weighted by molar-refractivity contribution is -0.114. The largest absolute Gasteiger partial charge is 0.366 e. The number of carbonyl (C=O) groups is 1. The van der Waals surface area contributed by atoms with E-state index in [4.69, 9.17) is 11.5 Å². The van der Waals surface area contributed by atoms with Crippen molar-refractivity contribution in [3.63, 3.8) is 0 Å². The number of hydrogen-bond acceptors (Lipinski definition) is 3. The van der Waals surface area contributed by atoms with Gasteiger partial charge in [-0.2, -0.15) is 0 Å². The van der Waals surface area contributed by atoms with E-state index in [1.54, 1.807) is 6.92 Å². The van der Waals surface area contributed by atoms with E-state index in [1.165, 1.54) is 0 Å². The van der Waals surface area contributed by atoms with Crippen molar-refractivity contribution < 1.29 is 4.79 Å². The number of hydrogen-bond donors (Lipinski definition) is 2. The lowest BCUT2D eigenvalue weighted by atomic mass is 10.3. The predicted molar refractivity (Wildman–Crippen MR) is 56.0 cm³/mol. The van der Waals surface area contributed by atoms with E-state index >= 15 is 0 Å². The minimum Gasteiger partial charge on any atom is -0.366 e. The van der Waals surface area contributed by atoms with Gasteiger partial charge in [-0.3, -0.25) is 9.69 Å². The minimum atomic E-state index is -0.435. The lowest BCUT2D eigenvalue weighted by Crippen LogP contribution is -2.35. The number of nitrogens with zero attached hydrogens (tertiary/aromatic N) is 1. The van der Waals surface area contributed by atoms with Crippen LogP contribution >= 0.6 is 0 Å². The first-order valence-electron chi connectivity index (χ1n) is 4.20. The zero-order valence-electron chi connectivity index (χ0n) is 9.00. The van der Waals surface area contributed by atoms with Gasteiger partial charge in [0.25, 0.3) is 0 Å². The fourth-order valence-electron chi connectivity index (χ4n) is 0.365. The Morgan fingerprint density at radius 3 is 1.85 bits per heavy atom. The van der Waals surface area contributed by atoms with E-state index in [2.05, 4.69) is 13.5 Å². The third-order valence-electron chi connectivity index (χ3n) is 1.50. The third kappa shape index (κ3) is 11.1. The summed E-state index contributed by atoms with van der Waals surface area (Å²) in [7, 11) is 3.96. The number of nitrogens with two attached hydrogens (primary N) is 2. The van der Waals surface area contributed by atoms with Crippen molar-refractivity contribution in [2.75, 3.05) is 14.1 Å². The van der Waals surface area contributed by atoms with Gasteiger partial charge in [0.05, 0.1) is 6.17 Å². The maximum absolute atomic E-state index is 9.82. The summed E-state index contributed by atoms with van der Waals surface area (Å²) in [6, 6.07) is 0. The summed E-state index contributed by atoms with van der Waals surface area (Å²) in [6.07, 6.45) is 1.26. The first-order chi connectivity index (χ1) is 5.82. The van der Waals surface area contributed by atoms with Crippen molar-refractivity contribution in [3.8, 4) is 0 Å². The second-order valence-electron chi connectivity index (χ2n) is 3.08. The van der Waals surface area contributed by atoms with Crippen LogP contribution < -0.4 is 11.5 Å². The molecular formula is C9H21N3O. The van der Waals surface area contributed by atoms with Crippen molar-refractivity contribution in [3.05, 3.63) is 12.2 Å². The molecule has 0 bridgehead atoms. The molecule has 4 N–H and O–H groups in total. The van der Waals surface area contributed by atoms with E-state index in [9.17, 15) is 4.79 Å². The highest BCUT2D eigenvalue weighted by Crippen LogP contribution is 1.86. The van der Waals surface area contributed by atoms with Crippen LogP contribution in [0, 0.1) is 0 Å². The molecule has 0 aromatic heterocycles. The molecule has 0 saturated heterocycles. The van der Waals surface area contributed by atoms with Gasteiger partial charge in [-0.15, -0.1) is 0 Å². The maximum Gasteiger partial charge on any atom is 0.243 e. The van der Waals surface area contributed by atoms with Crippen LogP contribution in [-0.4, -0.2) is 31.1 Å². The molecule has 4 nitrogen and oxygen atoms in total. The van der Waals surface area contributed by atoms with Crippen LogP contribution in [0.3, 0.4) is 0 Å². The van der Waals surface area contributed by atoms with Crippen molar-refractivity contribution in [2.24, 2.45) is 11.5 Å². The lowest BCUT2D eigenvalue weighted by Gasteiger charge is -2.16. The topological polar surface area (TPSA) is 72.3 Å². The number of amides is 1. The van der Waals surface area contributed by atoms with Gasteiger partial charge in [-0.25, -0.2) is 0 Å². The molecule has 0 aromatic rings. The highest BCUT2D eigenvalue weighted by Gasteiger charge is 1.97. The Kier molecular flexibility index (Phi) is 8.74. The molecule has 0 saturated carbocycles. The molecule has 13 heavy (non-hydrogen) atoms. The molecule has 1 amide bonds. The quantitative estimate of drug-likeness (QED) is 0.493. The molecule has 0 fully saturated rings. The van der Waals surface area contributed by atoms with Gasteiger partial charge in [0.2, 0.25) is 5.91 Å². The molecule has 1 atom stereocenters. The molecule has 1 unspecified atom stereocenters. The fourth-order valence-corrected chi connectivity index (χ4v) is 0.365. The summed E-state index contributed by atoms with van der Waals surface area (Å²) >= 11 is 0. The van der Waals surface area contributed by atoms with Crippen LogP contribution in [0.25, 0.3) is 0 Å². The molecule has 0 radical (unpaired) electrons. The van der Waals surface area contributed by atoms with Gasteiger partial charge in [-0.1, -0.05) is 13.5 Å². The fraction of sp³-hybridized carbons (Fsp3) is 0.667. The van der Waals surface area contributed by atoms with Crippen molar-refractivity contribution in [1.82, 2.24) is 4.90 Å². The van der Waals surface area contributed by atoms with Crippen LogP contribution in [0.1, 0.15) is 20.3 Å². The van der Waals surface area contributed by atoms with Crippen molar-refractivity contribution in [1.29, 1.82) is 0 Å². The highest BCUT2D eigenvalue weighted by atomic mass is 16.1. The van der Waals surface area contributed by atoms with Crippen LogP contribution in [0.5, 0.6) is 0 Å². The monoisotopic (exact) mass is 187 g/mol. The highest BCUT2D eigenvalue weighted by molar-refractivity contribution is 5.90. The molecular weight excluding hydrogens is 166 g/mol. The molecule has 0 spiro atoms. The molecule has 0 aromatic carbocycles. The molecule has 4 heteroatoms. The molecule has 0 heterocycles. The Morgan fingerprint density at radius 1 is 1.54 bits per heavy atom. The SMILES string of the molecule is C=C(C)C(N)=O.CCC(N)N(C)C. The van der Waals surface area contributed by atoms with Gasteiger partial charge in [-0.05, 0) is 27.4 Å². The van der Waals surface area contributed by atoms with Crippen molar-refractivity contribution >= 4 is 5.91 Å². The first-order valence-corrected chi connectivity index (χ1v) is 4.20. The standard InChI is InChI=1S/C5H14N2.C4H7NO/c1-4-5(6)7(2)3;1-3(2)4(5)6/h5H,4,6H2,1-3H3;1H2,2H3,(H2,5,6). The second-order valence-corrected chi connectivity index (χ2v) is 3.08. The third-order valence-corrected chi connectivity index (χ3v) is 1.50. The Bertz CT molecular complexity index is 154. The Hall–Kier alpha value is -0.870. The average Bonchev–Trinajstić information content (AvgIpc) is 2.03. The van der Waals surface area contributed by atoms with Crippen LogP contribution in [0.4, 0.5) is 0 Å². The summed E-state index contributed by atoms with van der Waals surface area (Å²) in [5.41, 5.74) is 10.6. The summed E-state index contributed by atoms with van der Waals surface area (Å²) in [5, 5.41) is 0. The zero-order chi connectivity index (χ0) is 11.0. The van der Waals surface area contributed by atoms with Crippen LogP contribution in [0.15, 0.2) is 12.2 Å². The summed E-state index contributed by atoms with van der Waals surface area (Å²) in [5.74, 6) is -0.435. The summed E-state index contributed by atoms with van der Waals surface area (Å²) in [6.45, 7) is 6.93. The number of primary amides is 1. The molecule has 0 aliphatic heterocycles. The van der Waals surface area contributed by atoms with Gasteiger partial charge >= 0.3 is 0 Å². The molecule has 0 aliphatic rings.